The molecule has 5 nitrogen and oxygen atoms in total. The number of ether oxygens (including phenoxy) is 2. The van der Waals surface area contributed by atoms with Gasteiger partial charge in [0.05, 0.1) is 19.1 Å². The monoisotopic (exact) mass is 258 g/mol. The second-order valence-electron chi connectivity index (χ2n) is 4.11. The van der Waals surface area contributed by atoms with E-state index in [4.69, 9.17) is 9.47 Å². The molecule has 0 N–H and O–H groups in total. The van der Waals surface area contributed by atoms with Crippen LogP contribution in [0, 0.1) is 5.92 Å². The topological polar surface area (TPSA) is 69.7 Å². The lowest BCUT2D eigenvalue weighted by molar-refractivity contribution is -0.151. The molecular formula is C13H22O5. The van der Waals surface area contributed by atoms with Crippen LogP contribution >= 0.6 is 0 Å². The minimum Gasteiger partial charge on any atom is -0.466 e. The Morgan fingerprint density at radius 2 is 1.78 bits per heavy atom. The predicted octanol–water partition coefficient (Wildman–Crippen LogP) is 1.88. The van der Waals surface area contributed by atoms with Gasteiger partial charge in [-0.05, 0) is 26.7 Å². The SMILES string of the molecule is CCCOC(=O)[C@H](CCC(=O)OCC)CC(C)=O. The lowest BCUT2D eigenvalue weighted by Gasteiger charge is -2.14. The average Bonchev–Trinajstić information content (AvgIpc) is 2.31. The molecule has 18 heavy (non-hydrogen) atoms. The van der Waals surface area contributed by atoms with E-state index >= 15 is 0 Å². The molecule has 0 heterocycles. The first-order valence-electron chi connectivity index (χ1n) is 6.32. The van der Waals surface area contributed by atoms with Gasteiger partial charge in [-0.1, -0.05) is 6.92 Å². The largest absolute Gasteiger partial charge is 0.466 e. The second-order valence-corrected chi connectivity index (χ2v) is 4.11. The van der Waals surface area contributed by atoms with Crippen LogP contribution in [0.5, 0.6) is 0 Å². The van der Waals surface area contributed by atoms with Crippen LogP contribution in [-0.2, 0) is 23.9 Å². The maximum Gasteiger partial charge on any atom is 0.309 e. The van der Waals surface area contributed by atoms with Crippen LogP contribution in [0.25, 0.3) is 0 Å². The standard InChI is InChI=1S/C13H22O5/c1-4-8-18-13(16)11(9-10(3)14)6-7-12(15)17-5-2/h11H,4-9H2,1-3H3/t11-/m1/s1. The molecule has 0 aliphatic rings. The summed E-state index contributed by atoms with van der Waals surface area (Å²) in [5.74, 6) is -1.39. The molecule has 0 fully saturated rings. The van der Waals surface area contributed by atoms with Gasteiger partial charge in [0.2, 0.25) is 0 Å². The van der Waals surface area contributed by atoms with Gasteiger partial charge in [-0.25, -0.2) is 0 Å². The molecule has 0 aliphatic heterocycles. The smallest absolute Gasteiger partial charge is 0.309 e. The molecule has 0 amide bonds. The van der Waals surface area contributed by atoms with Crippen molar-refractivity contribution in [2.45, 2.75) is 46.5 Å². The number of hydrogen-bond donors (Lipinski definition) is 0. The summed E-state index contributed by atoms with van der Waals surface area (Å²) < 4.78 is 9.79. The van der Waals surface area contributed by atoms with E-state index in [2.05, 4.69) is 0 Å². The van der Waals surface area contributed by atoms with Gasteiger partial charge < -0.3 is 14.3 Å². The van der Waals surface area contributed by atoms with Gasteiger partial charge in [0.25, 0.3) is 0 Å². The highest BCUT2D eigenvalue weighted by Crippen LogP contribution is 2.15. The minimum absolute atomic E-state index is 0.0858. The van der Waals surface area contributed by atoms with Gasteiger partial charge >= 0.3 is 11.9 Å². The lowest BCUT2D eigenvalue weighted by Crippen LogP contribution is -2.22. The Morgan fingerprint density at radius 1 is 1.11 bits per heavy atom. The molecule has 0 saturated heterocycles. The molecule has 0 aromatic carbocycles. The molecule has 0 aliphatic carbocycles. The van der Waals surface area contributed by atoms with E-state index in [0.29, 0.717) is 19.6 Å². The first kappa shape index (κ1) is 16.6. The fraction of sp³-hybridized carbons (Fsp3) is 0.769. The van der Waals surface area contributed by atoms with Crippen LogP contribution in [0.4, 0.5) is 0 Å². The van der Waals surface area contributed by atoms with Crippen molar-refractivity contribution in [1.82, 2.24) is 0 Å². The quantitative estimate of drug-likeness (QED) is 0.590. The minimum atomic E-state index is -0.543. The maximum atomic E-state index is 11.7. The Labute approximate surface area is 108 Å². The van der Waals surface area contributed by atoms with Crippen molar-refractivity contribution in [3.05, 3.63) is 0 Å². The van der Waals surface area contributed by atoms with Crippen LogP contribution in [0.2, 0.25) is 0 Å². The first-order valence-corrected chi connectivity index (χ1v) is 6.32. The maximum absolute atomic E-state index is 11.7. The van der Waals surface area contributed by atoms with Crippen molar-refractivity contribution < 1.29 is 23.9 Å². The van der Waals surface area contributed by atoms with Crippen molar-refractivity contribution in [1.29, 1.82) is 0 Å². The summed E-state index contributed by atoms with van der Waals surface area (Å²) in [5, 5.41) is 0. The molecular weight excluding hydrogens is 236 g/mol. The van der Waals surface area contributed by atoms with Gasteiger partial charge in [-0.2, -0.15) is 0 Å². The number of carbonyl (C=O) groups excluding carboxylic acids is 3. The fourth-order valence-corrected chi connectivity index (χ4v) is 1.50. The summed E-state index contributed by atoms with van der Waals surface area (Å²) in [7, 11) is 0. The van der Waals surface area contributed by atoms with Crippen molar-refractivity contribution in [3.8, 4) is 0 Å². The summed E-state index contributed by atoms with van der Waals surface area (Å²) in [6, 6.07) is 0. The Kier molecular flexibility index (Phi) is 8.88. The van der Waals surface area contributed by atoms with E-state index in [-0.39, 0.29) is 24.6 Å². The highest BCUT2D eigenvalue weighted by molar-refractivity contribution is 5.83. The Bertz CT molecular complexity index is 285. The summed E-state index contributed by atoms with van der Waals surface area (Å²) in [6.07, 6.45) is 1.27. The van der Waals surface area contributed by atoms with Crippen LogP contribution in [0.1, 0.15) is 46.5 Å². The number of esters is 2. The lowest BCUT2D eigenvalue weighted by atomic mass is 9.97. The van der Waals surface area contributed by atoms with Crippen molar-refractivity contribution in [2.75, 3.05) is 13.2 Å². The number of hydrogen-bond acceptors (Lipinski definition) is 5. The molecule has 0 aromatic rings. The summed E-state index contributed by atoms with van der Waals surface area (Å²) in [5.41, 5.74) is 0. The molecule has 0 saturated carbocycles. The van der Waals surface area contributed by atoms with E-state index in [0.717, 1.165) is 6.42 Å². The van der Waals surface area contributed by atoms with E-state index in [1.54, 1.807) is 6.92 Å². The van der Waals surface area contributed by atoms with Crippen LogP contribution in [0.3, 0.4) is 0 Å². The molecule has 0 unspecified atom stereocenters. The zero-order valence-corrected chi connectivity index (χ0v) is 11.4. The zero-order valence-electron chi connectivity index (χ0n) is 11.4. The third-order valence-electron chi connectivity index (χ3n) is 2.32. The predicted molar refractivity (Wildman–Crippen MR) is 65.9 cm³/mol. The van der Waals surface area contributed by atoms with Crippen LogP contribution < -0.4 is 0 Å². The average molecular weight is 258 g/mol. The van der Waals surface area contributed by atoms with E-state index < -0.39 is 11.9 Å². The molecule has 1 atom stereocenters. The first-order chi connectivity index (χ1) is 8.51. The van der Waals surface area contributed by atoms with Crippen molar-refractivity contribution in [3.63, 3.8) is 0 Å². The van der Waals surface area contributed by atoms with Gasteiger partial charge in [0.15, 0.2) is 0 Å². The second kappa shape index (κ2) is 9.62. The normalized spacial score (nSPS) is 11.7. The Hall–Kier alpha value is -1.39. The van der Waals surface area contributed by atoms with Gasteiger partial charge in [0.1, 0.15) is 5.78 Å². The molecule has 0 rings (SSSR count). The fourth-order valence-electron chi connectivity index (χ4n) is 1.50. The summed E-state index contributed by atoms with van der Waals surface area (Å²) in [6.45, 7) is 5.69. The van der Waals surface area contributed by atoms with Gasteiger partial charge in [-0.15, -0.1) is 0 Å². The Morgan fingerprint density at radius 3 is 2.28 bits per heavy atom. The molecule has 0 aromatic heterocycles. The molecule has 104 valence electrons. The summed E-state index contributed by atoms with van der Waals surface area (Å²) in [4.78, 5) is 34.0. The van der Waals surface area contributed by atoms with Gasteiger partial charge in [0, 0.05) is 12.8 Å². The molecule has 0 bridgehead atoms. The van der Waals surface area contributed by atoms with E-state index in [1.165, 1.54) is 6.92 Å². The highest BCUT2D eigenvalue weighted by Gasteiger charge is 2.22. The van der Waals surface area contributed by atoms with E-state index in [1.807, 2.05) is 6.92 Å². The van der Waals surface area contributed by atoms with Crippen molar-refractivity contribution >= 4 is 17.7 Å². The number of carbonyl (C=O) groups is 3. The molecule has 0 radical (unpaired) electrons. The molecule has 5 heteroatoms. The molecule has 0 spiro atoms. The summed E-state index contributed by atoms with van der Waals surface area (Å²) >= 11 is 0. The number of ketones is 1. The third kappa shape index (κ3) is 7.81. The Balaban J connectivity index is 4.25. The van der Waals surface area contributed by atoms with Crippen LogP contribution in [-0.4, -0.2) is 30.9 Å². The van der Waals surface area contributed by atoms with E-state index in [9.17, 15) is 14.4 Å². The van der Waals surface area contributed by atoms with Crippen molar-refractivity contribution in [2.24, 2.45) is 5.92 Å². The van der Waals surface area contributed by atoms with Crippen LogP contribution in [0.15, 0.2) is 0 Å². The highest BCUT2D eigenvalue weighted by atomic mass is 16.5. The number of Topliss-reactive ketones (excluding diaryl/α,β-unsaturated/α-hetero) is 1. The third-order valence-corrected chi connectivity index (χ3v) is 2.32. The van der Waals surface area contributed by atoms with Gasteiger partial charge in [-0.3, -0.25) is 9.59 Å². The number of rotatable bonds is 9. The zero-order chi connectivity index (χ0) is 14.0.